The Morgan fingerprint density at radius 3 is 2.54 bits per heavy atom. The highest BCUT2D eigenvalue weighted by Gasteiger charge is 2.52. The van der Waals surface area contributed by atoms with Gasteiger partial charge >= 0.3 is 0 Å². The Morgan fingerprint density at radius 1 is 1.21 bits per heavy atom. The fraction of sp³-hybridized carbons (Fsp3) is 0.316. The maximum atomic E-state index is 13.1. The first-order valence-electron chi connectivity index (χ1n) is 8.74. The van der Waals surface area contributed by atoms with Crippen molar-refractivity contribution in [2.24, 2.45) is 0 Å². The van der Waals surface area contributed by atoms with E-state index in [1.54, 1.807) is 0 Å². The van der Waals surface area contributed by atoms with Crippen LogP contribution in [0, 0.1) is 6.92 Å². The van der Waals surface area contributed by atoms with Crippen molar-refractivity contribution >= 4 is 15.7 Å². The average molecular weight is 406 g/mol. The van der Waals surface area contributed by atoms with E-state index in [2.05, 4.69) is 5.32 Å². The number of hydrogen-bond acceptors (Lipinski definition) is 7. The van der Waals surface area contributed by atoms with Crippen molar-refractivity contribution in [2.75, 3.05) is 13.1 Å². The zero-order valence-corrected chi connectivity index (χ0v) is 16.1. The number of hydroxylamine groups is 1. The number of carbonyl (C=O) groups is 1. The lowest BCUT2D eigenvalue weighted by molar-refractivity contribution is -0.149. The van der Waals surface area contributed by atoms with Gasteiger partial charge in [0.05, 0.1) is 4.90 Å². The van der Waals surface area contributed by atoms with E-state index < -0.39 is 26.6 Å². The van der Waals surface area contributed by atoms with Gasteiger partial charge in [-0.3, -0.25) is 10.0 Å². The van der Waals surface area contributed by atoms with Crippen LogP contribution in [0.15, 0.2) is 53.4 Å². The number of rotatable bonds is 5. The van der Waals surface area contributed by atoms with Crippen molar-refractivity contribution in [1.82, 2.24) is 10.8 Å². The van der Waals surface area contributed by atoms with Crippen LogP contribution in [-0.4, -0.2) is 48.6 Å². The van der Waals surface area contributed by atoms with Gasteiger partial charge in [0, 0.05) is 6.54 Å². The first kappa shape index (κ1) is 20.3. The molecule has 0 spiro atoms. The first-order chi connectivity index (χ1) is 13.3. The molecule has 1 aliphatic heterocycles. The second-order valence-corrected chi connectivity index (χ2v) is 8.83. The van der Waals surface area contributed by atoms with E-state index in [1.807, 2.05) is 31.2 Å². The van der Waals surface area contributed by atoms with Crippen molar-refractivity contribution in [3.63, 3.8) is 0 Å². The second-order valence-electron chi connectivity index (χ2n) is 6.70. The summed E-state index contributed by atoms with van der Waals surface area (Å²) in [5.74, 6) is -0.0415. The van der Waals surface area contributed by atoms with Crippen molar-refractivity contribution in [3.8, 4) is 11.5 Å². The van der Waals surface area contributed by atoms with Crippen LogP contribution >= 0.6 is 0 Å². The molecule has 2 aromatic carbocycles. The van der Waals surface area contributed by atoms with Crippen LogP contribution in [0.2, 0.25) is 0 Å². The van der Waals surface area contributed by atoms with Crippen molar-refractivity contribution in [1.29, 1.82) is 0 Å². The summed E-state index contributed by atoms with van der Waals surface area (Å²) in [6, 6.07) is 13.2. The molecule has 4 N–H and O–H groups in total. The van der Waals surface area contributed by atoms with Crippen LogP contribution in [-0.2, 0) is 14.6 Å². The Balaban J connectivity index is 1.87. The Hall–Kier alpha value is -2.46. The number of piperidine rings is 1. The monoisotopic (exact) mass is 406 g/mol. The van der Waals surface area contributed by atoms with Gasteiger partial charge in [-0.2, -0.15) is 0 Å². The molecule has 2 unspecified atom stereocenters. The van der Waals surface area contributed by atoms with E-state index in [4.69, 9.17) is 9.94 Å². The molecule has 2 aromatic rings. The van der Waals surface area contributed by atoms with E-state index in [-0.39, 0.29) is 17.9 Å². The Kier molecular flexibility index (Phi) is 5.71. The Bertz CT molecular complexity index is 961. The summed E-state index contributed by atoms with van der Waals surface area (Å²) in [7, 11) is -4.04. The zero-order chi connectivity index (χ0) is 20.4. The molecule has 0 bridgehead atoms. The van der Waals surface area contributed by atoms with Crippen LogP contribution in [0.4, 0.5) is 0 Å². The fourth-order valence-electron chi connectivity index (χ4n) is 3.26. The molecule has 0 aromatic heterocycles. The summed E-state index contributed by atoms with van der Waals surface area (Å²) in [6.07, 6.45) is 0.0215. The molecule has 1 aliphatic rings. The number of amides is 1. The van der Waals surface area contributed by atoms with Crippen LogP contribution in [0.5, 0.6) is 11.5 Å². The molecular formula is C19H22N2O6S. The van der Waals surface area contributed by atoms with Crippen LogP contribution in [0.25, 0.3) is 0 Å². The van der Waals surface area contributed by atoms with Gasteiger partial charge in [0.1, 0.15) is 16.7 Å². The predicted molar refractivity (Wildman–Crippen MR) is 101 cm³/mol. The molecule has 2 atom stereocenters. The molecular weight excluding hydrogens is 384 g/mol. The van der Waals surface area contributed by atoms with Crippen molar-refractivity contribution in [3.05, 3.63) is 54.1 Å². The molecule has 0 aliphatic carbocycles. The minimum atomic E-state index is -4.04. The van der Waals surface area contributed by atoms with E-state index in [1.165, 1.54) is 29.7 Å². The molecule has 3 rings (SSSR count). The summed E-state index contributed by atoms with van der Waals surface area (Å²) in [5.41, 5.74) is 0.0203. The van der Waals surface area contributed by atoms with Gasteiger partial charge in [0.25, 0.3) is 5.91 Å². The summed E-state index contributed by atoms with van der Waals surface area (Å²) in [5, 5.41) is 20.9. The first-order valence-corrected chi connectivity index (χ1v) is 10.3. The van der Waals surface area contributed by atoms with Crippen LogP contribution in [0.1, 0.15) is 12.0 Å². The number of β-amino-alcohol motifs (C(OH)–C–C–N with tert-alkyl or cyclic N) is 1. The van der Waals surface area contributed by atoms with Crippen molar-refractivity contribution in [2.45, 2.75) is 29.1 Å². The summed E-state index contributed by atoms with van der Waals surface area (Å²) < 4.78 is 31.9. The predicted octanol–water partition coefficient (Wildman–Crippen LogP) is 1.16. The van der Waals surface area contributed by atoms with E-state index in [0.29, 0.717) is 18.0 Å². The molecule has 1 saturated heterocycles. The van der Waals surface area contributed by atoms with E-state index in [0.717, 1.165) is 5.56 Å². The highest BCUT2D eigenvalue weighted by Crippen LogP contribution is 2.31. The number of aliphatic hydroxyl groups is 1. The number of sulfone groups is 1. The second kappa shape index (κ2) is 7.88. The smallest absolute Gasteiger partial charge is 0.277 e. The molecule has 1 fully saturated rings. The largest absolute Gasteiger partial charge is 0.457 e. The Labute approximate surface area is 163 Å². The summed E-state index contributed by atoms with van der Waals surface area (Å²) in [4.78, 5) is 11.9. The number of aryl methyl sites for hydroxylation is 1. The fourth-order valence-corrected chi connectivity index (χ4v) is 5.24. The molecule has 1 heterocycles. The SMILES string of the molecule is Cc1ccccc1Oc1ccc(S(=O)(=O)C2CCNCC2(O)C(=O)NO)cc1. The Morgan fingerprint density at radius 2 is 1.89 bits per heavy atom. The van der Waals surface area contributed by atoms with Crippen LogP contribution < -0.4 is 15.5 Å². The minimum absolute atomic E-state index is 0.0215. The van der Waals surface area contributed by atoms with Gasteiger partial charge in [0.2, 0.25) is 0 Å². The number of nitrogens with one attached hydrogen (secondary N) is 2. The van der Waals surface area contributed by atoms with E-state index in [9.17, 15) is 18.3 Å². The maximum Gasteiger partial charge on any atom is 0.277 e. The van der Waals surface area contributed by atoms with Gasteiger partial charge in [-0.15, -0.1) is 0 Å². The molecule has 9 heteroatoms. The van der Waals surface area contributed by atoms with Crippen LogP contribution in [0.3, 0.4) is 0 Å². The molecule has 150 valence electrons. The molecule has 28 heavy (non-hydrogen) atoms. The third-order valence-electron chi connectivity index (χ3n) is 4.85. The standard InChI is InChI=1S/C19H22N2O6S/c1-13-4-2-3-5-16(13)27-14-6-8-15(9-7-14)28(25,26)17-10-11-20-12-19(17,23)18(22)21-24/h2-9,17,20,23-24H,10-12H2,1H3,(H,21,22). The maximum absolute atomic E-state index is 13.1. The van der Waals surface area contributed by atoms with Gasteiger partial charge < -0.3 is 15.2 Å². The lowest BCUT2D eigenvalue weighted by Gasteiger charge is -2.37. The highest BCUT2D eigenvalue weighted by molar-refractivity contribution is 7.92. The topological polar surface area (TPSA) is 125 Å². The summed E-state index contributed by atoms with van der Waals surface area (Å²) in [6.45, 7) is 1.94. The zero-order valence-electron chi connectivity index (χ0n) is 15.3. The third-order valence-corrected chi connectivity index (χ3v) is 7.16. The van der Waals surface area contributed by atoms with E-state index >= 15 is 0 Å². The quantitative estimate of drug-likeness (QED) is 0.434. The van der Waals surface area contributed by atoms with Gasteiger partial charge in [-0.25, -0.2) is 13.9 Å². The number of carbonyl (C=O) groups excluding carboxylic acids is 1. The van der Waals surface area contributed by atoms with Gasteiger partial charge in [-0.1, -0.05) is 18.2 Å². The molecule has 0 radical (unpaired) electrons. The highest BCUT2D eigenvalue weighted by atomic mass is 32.2. The number of para-hydroxylation sites is 1. The lowest BCUT2D eigenvalue weighted by Crippen LogP contribution is -2.65. The van der Waals surface area contributed by atoms with Gasteiger partial charge in [-0.05, 0) is 55.8 Å². The lowest BCUT2D eigenvalue weighted by atomic mass is 9.93. The normalized spacial score (nSPS) is 22.5. The molecule has 0 saturated carbocycles. The number of ether oxygens (including phenoxy) is 1. The molecule has 8 nitrogen and oxygen atoms in total. The number of benzene rings is 2. The minimum Gasteiger partial charge on any atom is -0.457 e. The molecule has 1 amide bonds. The average Bonchev–Trinajstić information content (AvgIpc) is 2.69. The summed E-state index contributed by atoms with van der Waals surface area (Å²) >= 11 is 0. The van der Waals surface area contributed by atoms with Gasteiger partial charge in [0.15, 0.2) is 15.4 Å². The third kappa shape index (κ3) is 3.74. The number of hydrogen-bond donors (Lipinski definition) is 4. The van der Waals surface area contributed by atoms with Crippen molar-refractivity contribution < 1.29 is 28.3 Å².